The molecule has 2 aromatic heterocycles. The van der Waals surface area contributed by atoms with E-state index in [4.69, 9.17) is 10.5 Å². The SMILES string of the molecule is CNC(=O)C(c1ccccc1OCc1cccnc1)N(C(=O)c1ccc(C(F)(F)F)cc1N)c1ccc(F)nc1C. The van der Waals surface area contributed by atoms with Gasteiger partial charge in [0.1, 0.15) is 18.4 Å². The Bertz CT molecular complexity index is 1560. The molecule has 41 heavy (non-hydrogen) atoms. The Labute approximate surface area is 232 Å². The zero-order chi connectivity index (χ0) is 29.7. The van der Waals surface area contributed by atoms with Gasteiger partial charge in [-0.1, -0.05) is 24.3 Å². The fourth-order valence-corrected chi connectivity index (χ4v) is 4.22. The number of carbonyl (C=O) groups is 2. The van der Waals surface area contributed by atoms with E-state index in [1.165, 1.54) is 20.0 Å². The molecular weight excluding hydrogens is 542 g/mol. The summed E-state index contributed by atoms with van der Waals surface area (Å²) in [6.07, 6.45) is -1.48. The highest BCUT2D eigenvalue weighted by Crippen LogP contribution is 2.38. The summed E-state index contributed by atoms with van der Waals surface area (Å²) in [5.41, 5.74) is 5.19. The van der Waals surface area contributed by atoms with Crippen molar-refractivity contribution >= 4 is 23.2 Å². The molecule has 0 saturated carbocycles. The normalized spacial score (nSPS) is 12.0. The van der Waals surface area contributed by atoms with Gasteiger partial charge in [0, 0.05) is 36.3 Å². The number of rotatable bonds is 8. The fraction of sp³-hybridized carbons (Fsp3) is 0.172. The molecule has 12 heteroatoms. The van der Waals surface area contributed by atoms with E-state index in [0.717, 1.165) is 28.7 Å². The summed E-state index contributed by atoms with van der Waals surface area (Å²) in [5, 5.41) is 2.52. The summed E-state index contributed by atoms with van der Waals surface area (Å²) in [4.78, 5) is 36.5. The number of alkyl halides is 3. The second-order valence-electron chi connectivity index (χ2n) is 8.92. The highest BCUT2D eigenvalue weighted by molar-refractivity contribution is 6.13. The van der Waals surface area contributed by atoms with Crippen LogP contribution in [0.15, 0.2) is 79.1 Å². The third-order valence-corrected chi connectivity index (χ3v) is 6.20. The van der Waals surface area contributed by atoms with Gasteiger partial charge < -0.3 is 15.8 Å². The zero-order valence-electron chi connectivity index (χ0n) is 21.9. The lowest BCUT2D eigenvalue weighted by atomic mass is 9.99. The van der Waals surface area contributed by atoms with Gasteiger partial charge in [-0.05, 0) is 49.4 Å². The van der Waals surface area contributed by atoms with Crippen molar-refractivity contribution < 1.29 is 31.9 Å². The minimum absolute atomic E-state index is 0.0337. The van der Waals surface area contributed by atoms with Crippen LogP contribution in [0, 0.1) is 12.9 Å². The molecule has 1 unspecified atom stereocenters. The first-order chi connectivity index (χ1) is 19.5. The Hall–Kier alpha value is -5.00. The topological polar surface area (TPSA) is 110 Å². The Kier molecular flexibility index (Phi) is 8.51. The van der Waals surface area contributed by atoms with Crippen LogP contribution in [-0.4, -0.2) is 28.8 Å². The van der Waals surface area contributed by atoms with Crippen LogP contribution < -0.4 is 20.7 Å². The van der Waals surface area contributed by atoms with Gasteiger partial charge >= 0.3 is 6.18 Å². The number of amides is 2. The van der Waals surface area contributed by atoms with Crippen LogP contribution in [0.25, 0.3) is 0 Å². The number of para-hydroxylation sites is 1. The number of aromatic nitrogens is 2. The highest BCUT2D eigenvalue weighted by Gasteiger charge is 2.37. The Morgan fingerprint density at radius 3 is 2.46 bits per heavy atom. The highest BCUT2D eigenvalue weighted by atomic mass is 19.4. The number of aryl methyl sites for hydroxylation is 1. The smallest absolute Gasteiger partial charge is 0.416 e. The van der Waals surface area contributed by atoms with Crippen LogP contribution in [0.1, 0.15) is 38.8 Å². The van der Waals surface area contributed by atoms with E-state index in [9.17, 15) is 27.2 Å². The molecule has 8 nitrogen and oxygen atoms in total. The lowest BCUT2D eigenvalue weighted by Gasteiger charge is -2.33. The van der Waals surface area contributed by atoms with Crippen LogP contribution in [0.2, 0.25) is 0 Å². The van der Waals surface area contributed by atoms with Gasteiger partial charge in [-0.3, -0.25) is 19.5 Å². The van der Waals surface area contributed by atoms with E-state index < -0.39 is 41.2 Å². The molecule has 0 aliphatic rings. The van der Waals surface area contributed by atoms with Crippen molar-refractivity contribution in [3.8, 4) is 5.75 Å². The Morgan fingerprint density at radius 2 is 1.83 bits per heavy atom. The standard InChI is InChI=1S/C29H25F4N5O3/c1-17-23(11-12-25(30)37-17)38(28(40)20-10-9-19(14-22(20)34)29(31,32)33)26(27(39)35-2)21-7-3-4-8-24(21)41-16-18-6-5-13-36-15-18/h3-15,26H,16,34H2,1-2H3,(H,35,39). The third-order valence-electron chi connectivity index (χ3n) is 6.20. The molecule has 2 heterocycles. The van der Waals surface area contributed by atoms with Gasteiger partial charge in [-0.2, -0.15) is 17.6 Å². The second kappa shape index (κ2) is 12.0. The molecule has 0 radical (unpaired) electrons. The van der Waals surface area contributed by atoms with Crippen molar-refractivity contribution in [3.05, 3.63) is 113 Å². The number of anilines is 2. The average Bonchev–Trinajstić information content (AvgIpc) is 2.95. The van der Waals surface area contributed by atoms with Crippen molar-refractivity contribution in [2.45, 2.75) is 25.7 Å². The molecule has 0 aliphatic heterocycles. The van der Waals surface area contributed by atoms with Crippen molar-refractivity contribution in [2.75, 3.05) is 17.7 Å². The van der Waals surface area contributed by atoms with E-state index in [2.05, 4.69) is 15.3 Å². The maximum atomic E-state index is 14.1. The molecule has 1 atom stereocenters. The van der Waals surface area contributed by atoms with E-state index in [1.807, 2.05) is 0 Å². The number of halogens is 4. The van der Waals surface area contributed by atoms with Gasteiger partial charge in [-0.15, -0.1) is 0 Å². The first kappa shape index (κ1) is 29.0. The number of hydrogen-bond acceptors (Lipinski definition) is 6. The van der Waals surface area contributed by atoms with E-state index in [1.54, 1.807) is 48.8 Å². The maximum absolute atomic E-state index is 14.1. The number of benzene rings is 2. The number of ether oxygens (including phenoxy) is 1. The molecule has 212 valence electrons. The van der Waals surface area contributed by atoms with Crippen molar-refractivity contribution in [1.29, 1.82) is 0 Å². The van der Waals surface area contributed by atoms with Gasteiger partial charge in [0.05, 0.1) is 22.5 Å². The fourth-order valence-electron chi connectivity index (χ4n) is 4.22. The monoisotopic (exact) mass is 567 g/mol. The molecule has 0 aliphatic carbocycles. The van der Waals surface area contributed by atoms with E-state index in [0.29, 0.717) is 6.07 Å². The minimum Gasteiger partial charge on any atom is -0.488 e. The summed E-state index contributed by atoms with van der Waals surface area (Å²) in [6, 6.07) is 13.1. The number of carbonyl (C=O) groups excluding carboxylic acids is 2. The van der Waals surface area contributed by atoms with Crippen molar-refractivity contribution in [1.82, 2.24) is 15.3 Å². The summed E-state index contributed by atoms with van der Waals surface area (Å²) < 4.78 is 59.9. The lowest BCUT2D eigenvalue weighted by Crippen LogP contribution is -2.44. The number of nitrogen functional groups attached to an aromatic ring is 1. The van der Waals surface area contributed by atoms with Crippen molar-refractivity contribution in [2.24, 2.45) is 0 Å². The first-order valence-corrected chi connectivity index (χ1v) is 12.3. The molecule has 4 aromatic rings. The maximum Gasteiger partial charge on any atom is 0.416 e. The number of hydrogen-bond donors (Lipinski definition) is 2. The third kappa shape index (κ3) is 6.43. The Balaban J connectivity index is 1.88. The van der Waals surface area contributed by atoms with Gasteiger partial charge in [0.2, 0.25) is 11.9 Å². The number of nitrogens with one attached hydrogen (secondary N) is 1. The number of nitrogens with zero attached hydrogens (tertiary/aromatic N) is 3. The van der Waals surface area contributed by atoms with E-state index in [-0.39, 0.29) is 34.9 Å². The predicted octanol–water partition coefficient (Wildman–Crippen LogP) is 5.24. The van der Waals surface area contributed by atoms with Crippen LogP contribution in [0.5, 0.6) is 5.75 Å². The minimum atomic E-state index is -4.69. The van der Waals surface area contributed by atoms with Crippen molar-refractivity contribution in [3.63, 3.8) is 0 Å². The second-order valence-corrected chi connectivity index (χ2v) is 8.92. The molecular formula is C29H25F4N5O3. The first-order valence-electron chi connectivity index (χ1n) is 12.3. The summed E-state index contributed by atoms with van der Waals surface area (Å²) in [5.74, 6) is -2.16. The average molecular weight is 568 g/mol. The van der Waals surface area contributed by atoms with Crippen LogP contribution in [0.4, 0.5) is 28.9 Å². The predicted molar refractivity (Wildman–Crippen MR) is 143 cm³/mol. The summed E-state index contributed by atoms with van der Waals surface area (Å²) in [6.45, 7) is 1.52. The van der Waals surface area contributed by atoms with Crippen LogP contribution in [0.3, 0.4) is 0 Å². The largest absolute Gasteiger partial charge is 0.488 e. The van der Waals surface area contributed by atoms with Crippen LogP contribution in [-0.2, 0) is 17.6 Å². The summed E-state index contributed by atoms with van der Waals surface area (Å²) >= 11 is 0. The molecule has 0 fully saturated rings. The molecule has 3 N–H and O–H groups in total. The number of pyridine rings is 2. The van der Waals surface area contributed by atoms with E-state index >= 15 is 0 Å². The van der Waals surface area contributed by atoms with Gasteiger partial charge in [0.15, 0.2) is 0 Å². The Morgan fingerprint density at radius 1 is 1.07 bits per heavy atom. The van der Waals surface area contributed by atoms with Gasteiger partial charge in [0.25, 0.3) is 5.91 Å². The quantitative estimate of drug-likeness (QED) is 0.171. The molecule has 0 bridgehead atoms. The molecule has 2 aromatic carbocycles. The molecule has 0 spiro atoms. The van der Waals surface area contributed by atoms with Crippen LogP contribution >= 0.6 is 0 Å². The summed E-state index contributed by atoms with van der Waals surface area (Å²) in [7, 11) is 1.36. The number of likely N-dealkylation sites (N-methyl/N-ethyl adjacent to an activating group) is 1. The molecule has 2 amide bonds. The zero-order valence-corrected chi connectivity index (χ0v) is 21.9. The van der Waals surface area contributed by atoms with Gasteiger partial charge in [-0.25, -0.2) is 4.98 Å². The lowest BCUT2D eigenvalue weighted by molar-refractivity contribution is -0.137. The molecule has 4 rings (SSSR count). The molecule has 0 saturated heterocycles. The number of nitrogens with two attached hydrogens (primary N) is 1.